The third-order valence-corrected chi connectivity index (χ3v) is 1.37. The van der Waals surface area contributed by atoms with Crippen LogP contribution in [0.5, 0.6) is 0 Å². The molecular weight excluding hydrogens is 191 g/mol. The summed E-state index contributed by atoms with van der Waals surface area (Å²) in [6.07, 6.45) is -0.344. The molecule has 0 spiro atoms. The highest BCUT2D eigenvalue weighted by Gasteiger charge is 2.47. The molecule has 0 aromatic carbocycles. The fraction of sp³-hybridized carbons (Fsp3) is 0.500. The average Bonchev–Trinajstić information content (AvgIpc) is 1.81. The van der Waals surface area contributed by atoms with Gasteiger partial charge in [0, 0.05) is 0 Å². The van der Waals surface area contributed by atoms with Crippen LogP contribution < -0.4 is 5.48 Å². The van der Waals surface area contributed by atoms with Gasteiger partial charge in [-0.3, -0.25) is 4.79 Å². The zero-order valence-electron chi connectivity index (χ0n) is 4.75. The third-order valence-electron chi connectivity index (χ3n) is 0.489. The number of rotatable bonds is 3. The molecule has 0 fully saturated rings. The Bertz CT molecular complexity index is 230. The van der Waals surface area contributed by atoms with E-state index in [0.29, 0.717) is 0 Å². The second kappa shape index (κ2) is 3.05. The van der Waals surface area contributed by atoms with Gasteiger partial charge in [-0.15, -0.1) is 4.28 Å². The smallest absolute Gasteiger partial charge is 0.277 e. The monoisotopic (exact) mass is 193 g/mol. The molecule has 9 heteroatoms. The summed E-state index contributed by atoms with van der Waals surface area (Å²) in [6, 6.07) is 0. The maximum atomic E-state index is 11.3. The lowest BCUT2D eigenvalue weighted by Gasteiger charge is -2.04. The molecule has 1 amide bonds. The second-order valence-electron chi connectivity index (χ2n) is 1.22. The maximum Gasteiger partial charge on any atom is 0.525 e. The van der Waals surface area contributed by atoms with Crippen molar-refractivity contribution in [1.29, 1.82) is 0 Å². The van der Waals surface area contributed by atoms with Crippen LogP contribution in [-0.4, -0.2) is 20.3 Å². The molecule has 0 rings (SSSR count). The molecule has 66 valence electrons. The summed E-state index contributed by atoms with van der Waals surface area (Å²) < 4.78 is 56.5. The summed E-state index contributed by atoms with van der Waals surface area (Å²) in [6.45, 7) is 0. The normalized spacial score (nSPS) is 12.6. The number of alkyl halides is 3. The van der Waals surface area contributed by atoms with Crippen LogP contribution in [0.3, 0.4) is 0 Å². The molecule has 0 unspecified atom stereocenters. The van der Waals surface area contributed by atoms with E-state index in [1.165, 1.54) is 0 Å². The molecule has 0 saturated heterocycles. The fourth-order valence-corrected chi connectivity index (χ4v) is 0.391. The van der Waals surface area contributed by atoms with Gasteiger partial charge >= 0.3 is 15.6 Å². The standard InChI is InChI=1S/C2H2F3NO4S/c3-2(4,5)11(8,9)10-6-1-7/h1H,(H,6,7). The van der Waals surface area contributed by atoms with E-state index in [-0.39, 0.29) is 6.41 Å². The van der Waals surface area contributed by atoms with Crippen molar-refractivity contribution in [2.45, 2.75) is 5.51 Å². The van der Waals surface area contributed by atoms with Crippen molar-refractivity contribution in [3.05, 3.63) is 0 Å². The van der Waals surface area contributed by atoms with Crippen LogP contribution in [0.4, 0.5) is 13.2 Å². The number of amides is 1. The van der Waals surface area contributed by atoms with E-state index in [9.17, 15) is 26.4 Å². The molecule has 0 aliphatic carbocycles. The van der Waals surface area contributed by atoms with E-state index in [2.05, 4.69) is 4.28 Å². The highest BCUT2D eigenvalue weighted by molar-refractivity contribution is 7.87. The van der Waals surface area contributed by atoms with Crippen LogP contribution in [0, 0.1) is 0 Å². The third kappa shape index (κ3) is 2.72. The van der Waals surface area contributed by atoms with Crippen LogP contribution in [0.1, 0.15) is 0 Å². The van der Waals surface area contributed by atoms with Crippen molar-refractivity contribution in [2.75, 3.05) is 0 Å². The Hall–Kier alpha value is -0.830. The Kier molecular flexibility index (Phi) is 2.82. The Labute approximate surface area is 59.2 Å². The van der Waals surface area contributed by atoms with Gasteiger partial charge in [0.05, 0.1) is 0 Å². The van der Waals surface area contributed by atoms with Crippen LogP contribution in [0.25, 0.3) is 0 Å². The minimum Gasteiger partial charge on any atom is -0.277 e. The van der Waals surface area contributed by atoms with E-state index in [0.717, 1.165) is 5.48 Å². The van der Waals surface area contributed by atoms with Gasteiger partial charge in [0.2, 0.25) is 6.41 Å². The van der Waals surface area contributed by atoms with Gasteiger partial charge < -0.3 is 0 Å². The lowest BCUT2D eigenvalue weighted by Crippen LogP contribution is -2.30. The Morgan fingerprint density at radius 1 is 1.36 bits per heavy atom. The van der Waals surface area contributed by atoms with Crippen LogP contribution in [0.15, 0.2) is 0 Å². The number of hydrogen-bond acceptors (Lipinski definition) is 4. The van der Waals surface area contributed by atoms with Gasteiger partial charge in [-0.1, -0.05) is 0 Å². The summed E-state index contributed by atoms with van der Waals surface area (Å²) in [4.78, 5) is 9.31. The second-order valence-corrected chi connectivity index (χ2v) is 2.76. The summed E-state index contributed by atoms with van der Waals surface area (Å²) in [7, 11) is -5.70. The van der Waals surface area contributed by atoms with Crippen molar-refractivity contribution >= 4 is 16.5 Å². The number of hydrogen-bond donors (Lipinski definition) is 1. The zero-order chi connectivity index (χ0) is 9.12. The van der Waals surface area contributed by atoms with Gasteiger partial charge in [-0.25, -0.2) is 5.48 Å². The lowest BCUT2D eigenvalue weighted by molar-refractivity contribution is -0.116. The number of hydroxylamine groups is 1. The van der Waals surface area contributed by atoms with Crippen molar-refractivity contribution in [3.63, 3.8) is 0 Å². The minimum atomic E-state index is -5.70. The maximum absolute atomic E-state index is 11.3. The Morgan fingerprint density at radius 3 is 2.09 bits per heavy atom. The van der Waals surface area contributed by atoms with Gasteiger partial charge in [0.1, 0.15) is 0 Å². The first-order valence-corrected chi connectivity index (χ1v) is 3.41. The van der Waals surface area contributed by atoms with E-state index < -0.39 is 15.6 Å². The molecule has 0 aromatic heterocycles. The summed E-state index contributed by atoms with van der Waals surface area (Å²) >= 11 is 0. The van der Waals surface area contributed by atoms with E-state index in [1.54, 1.807) is 0 Å². The molecule has 11 heavy (non-hydrogen) atoms. The molecular formula is C2H2F3NO4S. The first-order chi connectivity index (χ1) is 4.81. The molecule has 0 saturated carbocycles. The molecule has 0 atom stereocenters. The van der Waals surface area contributed by atoms with E-state index >= 15 is 0 Å². The summed E-state index contributed by atoms with van der Waals surface area (Å²) in [5.74, 6) is 0. The number of halogens is 3. The van der Waals surface area contributed by atoms with Crippen LogP contribution in [0.2, 0.25) is 0 Å². The van der Waals surface area contributed by atoms with E-state index in [1.807, 2.05) is 0 Å². The largest absolute Gasteiger partial charge is 0.525 e. The molecule has 1 N–H and O–H groups in total. The van der Waals surface area contributed by atoms with Crippen LogP contribution in [-0.2, 0) is 19.2 Å². The molecule has 0 heterocycles. The number of carbonyl (C=O) groups excluding carboxylic acids is 1. The molecule has 0 aromatic rings. The van der Waals surface area contributed by atoms with Crippen LogP contribution >= 0.6 is 0 Å². The van der Waals surface area contributed by atoms with Gasteiger partial charge in [-0.05, 0) is 0 Å². The summed E-state index contributed by atoms with van der Waals surface area (Å²) in [5.41, 5.74) is -4.62. The Balaban J connectivity index is 4.37. The topological polar surface area (TPSA) is 72.5 Å². The average molecular weight is 193 g/mol. The predicted molar refractivity (Wildman–Crippen MR) is 25.3 cm³/mol. The predicted octanol–water partition coefficient (Wildman–Crippen LogP) is -0.486. The number of nitrogens with one attached hydrogen (secondary N) is 1. The molecule has 0 aliphatic rings. The van der Waals surface area contributed by atoms with E-state index in [4.69, 9.17) is 0 Å². The fourth-order valence-electron chi connectivity index (χ4n) is 0.130. The van der Waals surface area contributed by atoms with Crippen molar-refractivity contribution in [3.8, 4) is 0 Å². The molecule has 0 bridgehead atoms. The quantitative estimate of drug-likeness (QED) is 0.373. The van der Waals surface area contributed by atoms with Gasteiger partial charge in [0.15, 0.2) is 0 Å². The molecule has 0 aliphatic heterocycles. The van der Waals surface area contributed by atoms with Crippen molar-refractivity contribution in [1.82, 2.24) is 5.48 Å². The minimum absolute atomic E-state index is 0.344. The summed E-state index contributed by atoms with van der Waals surface area (Å²) in [5, 5.41) is 0. The highest BCUT2D eigenvalue weighted by atomic mass is 32.2. The zero-order valence-corrected chi connectivity index (χ0v) is 5.57. The van der Waals surface area contributed by atoms with Gasteiger partial charge in [0.25, 0.3) is 0 Å². The highest BCUT2D eigenvalue weighted by Crippen LogP contribution is 2.23. The lowest BCUT2D eigenvalue weighted by atomic mass is 11.5. The first-order valence-electron chi connectivity index (χ1n) is 2.00. The Morgan fingerprint density at radius 2 is 1.82 bits per heavy atom. The van der Waals surface area contributed by atoms with Gasteiger partial charge in [-0.2, -0.15) is 21.6 Å². The van der Waals surface area contributed by atoms with Crippen molar-refractivity contribution in [2.24, 2.45) is 0 Å². The SMILES string of the molecule is O=CNOS(=O)(=O)C(F)(F)F. The molecule has 0 radical (unpaired) electrons. The first kappa shape index (κ1) is 10.2. The number of carbonyl (C=O) groups is 1. The molecule has 5 nitrogen and oxygen atoms in total. The van der Waals surface area contributed by atoms with Crippen molar-refractivity contribution < 1.29 is 30.7 Å².